The number of para-hydroxylation sites is 1. The Morgan fingerprint density at radius 2 is 1.45 bits per heavy atom. The standard InChI is InChI=1S/C43H49N3O11S/c1-28(2)23-35(45-41(53)56-26-30-15-7-5-8-16-30)38(49)43(40(51)52,24-32-25-44-34-20-12-11-19-33(32)34)46(42(54)57-27-31-17-9-6-10-18-31)39(50)36(58-29(3)47)21-13-14-22-37(48)55-4/h5-12,15-20,25,28,35-36,44H,13-14,21-24,26-27H2,1-4H3,(H,45,53)(H,51,52)/t35-,36?,43+/m0/s1. The molecule has 0 saturated heterocycles. The number of aliphatic carboxylic acids is 1. The topological polar surface area (TPSA) is 198 Å². The molecule has 0 aliphatic carbocycles. The maximum Gasteiger partial charge on any atom is 0.418 e. The number of rotatable bonds is 20. The Morgan fingerprint density at radius 1 is 0.845 bits per heavy atom. The fraction of sp³-hybridized carbons (Fsp3) is 0.372. The van der Waals surface area contributed by atoms with Gasteiger partial charge in [0.25, 0.3) is 0 Å². The number of esters is 1. The van der Waals surface area contributed by atoms with Crippen molar-refractivity contribution < 1.29 is 52.9 Å². The summed E-state index contributed by atoms with van der Waals surface area (Å²) in [5.41, 5.74) is -1.04. The maximum atomic E-state index is 15.4. The lowest BCUT2D eigenvalue weighted by molar-refractivity contribution is -0.163. The molecule has 308 valence electrons. The Morgan fingerprint density at radius 3 is 2.03 bits per heavy atom. The van der Waals surface area contributed by atoms with E-state index in [0.717, 1.165) is 0 Å². The number of aromatic amines is 1. The number of aromatic nitrogens is 1. The zero-order chi connectivity index (χ0) is 42.2. The average Bonchev–Trinajstić information content (AvgIpc) is 3.62. The first-order chi connectivity index (χ1) is 27.8. The Labute approximate surface area is 341 Å². The summed E-state index contributed by atoms with van der Waals surface area (Å²) in [6, 6.07) is 22.5. The zero-order valence-electron chi connectivity index (χ0n) is 32.9. The fourth-order valence-corrected chi connectivity index (χ4v) is 7.39. The number of H-pyrrole nitrogens is 1. The van der Waals surface area contributed by atoms with E-state index in [4.69, 9.17) is 14.2 Å². The van der Waals surface area contributed by atoms with Gasteiger partial charge in [-0.05, 0) is 47.9 Å². The van der Waals surface area contributed by atoms with Crippen LogP contribution in [0.15, 0.2) is 91.1 Å². The van der Waals surface area contributed by atoms with E-state index in [0.29, 0.717) is 38.7 Å². The number of imide groups is 1. The molecule has 58 heavy (non-hydrogen) atoms. The summed E-state index contributed by atoms with van der Waals surface area (Å²) in [6.07, 6.45) is -1.49. The van der Waals surface area contributed by atoms with Crippen molar-refractivity contribution in [2.75, 3.05) is 7.11 Å². The van der Waals surface area contributed by atoms with E-state index in [1.54, 1.807) is 98.8 Å². The lowest BCUT2D eigenvalue weighted by Gasteiger charge is -2.40. The monoisotopic (exact) mass is 815 g/mol. The fourth-order valence-electron chi connectivity index (χ4n) is 6.50. The molecule has 0 spiro atoms. The predicted octanol–water partition coefficient (Wildman–Crippen LogP) is 6.99. The van der Waals surface area contributed by atoms with Gasteiger partial charge < -0.3 is 29.6 Å². The molecule has 1 heterocycles. The molecule has 0 radical (unpaired) electrons. The number of ether oxygens (including phenoxy) is 3. The van der Waals surface area contributed by atoms with Gasteiger partial charge in [-0.3, -0.25) is 19.2 Å². The molecular weight excluding hydrogens is 767 g/mol. The Kier molecular flexibility index (Phi) is 16.6. The van der Waals surface area contributed by atoms with Gasteiger partial charge in [0.15, 0.2) is 10.9 Å². The number of nitrogens with zero attached hydrogens (tertiary/aromatic N) is 1. The van der Waals surface area contributed by atoms with Crippen molar-refractivity contribution in [3.05, 3.63) is 108 Å². The number of carboxylic acid groups (broad SMARTS) is 1. The third kappa shape index (κ3) is 12.0. The number of hydrogen-bond donors (Lipinski definition) is 3. The number of thioether (sulfide) groups is 1. The molecule has 3 aromatic carbocycles. The Balaban J connectivity index is 1.89. The SMILES string of the molecule is COC(=O)CCCCC(SC(C)=O)C(=O)N(C(=O)OCc1ccccc1)[C@@](Cc1c[nH]c2ccccc12)(C(=O)O)C(=O)[C@H](CC(C)C)NC(=O)OCc1ccccc1. The predicted molar refractivity (Wildman–Crippen MR) is 216 cm³/mol. The smallest absolute Gasteiger partial charge is 0.418 e. The van der Waals surface area contributed by atoms with Gasteiger partial charge in [-0.15, -0.1) is 0 Å². The molecule has 15 heteroatoms. The van der Waals surface area contributed by atoms with Gasteiger partial charge in [-0.1, -0.05) is 111 Å². The first-order valence-electron chi connectivity index (χ1n) is 18.9. The number of ketones is 1. The molecule has 3 N–H and O–H groups in total. The summed E-state index contributed by atoms with van der Waals surface area (Å²) in [4.78, 5) is 100. The normalized spacial score (nSPS) is 13.1. The minimum Gasteiger partial charge on any atom is -0.479 e. The van der Waals surface area contributed by atoms with Gasteiger partial charge in [-0.2, -0.15) is 0 Å². The summed E-state index contributed by atoms with van der Waals surface area (Å²) < 4.78 is 15.8. The van der Waals surface area contributed by atoms with Crippen LogP contribution in [-0.2, 0) is 57.8 Å². The van der Waals surface area contributed by atoms with E-state index < -0.39 is 70.8 Å². The third-order valence-electron chi connectivity index (χ3n) is 9.31. The molecule has 3 atom stereocenters. The van der Waals surface area contributed by atoms with Crippen LogP contribution in [0.4, 0.5) is 9.59 Å². The zero-order valence-corrected chi connectivity index (χ0v) is 33.8. The highest BCUT2D eigenvalue weighted by Crippen LogP contribution is 2.34. The molecule has 0 bridgehead atoms. The number of carboxylic acids is 1. The molecule has 1 aromatic heterocycles. The van der Waals surface area contributed by atoms with E-state index in [2.05, 4.69) is 10.3 Å². The molecule has 14 nitrogen and oxygen atoms in total. The molecule has 0 fully saturated rings. The number of benzene rings is 3. The van der Waals surface area contributed by atoms with Crippen LogP contribution >= 0.6 is 11.8 Å². The maximum absolute atomic E-state index is 15.4. The minimum atomic E-state index is -3.05. The van der Waals surface area contributed by atoms with Crippen LogP contribution in [-0.4, -0.2) is 79.9 Å². The highest BCUT2D eigenvalue weighted by molar-refractivity contribution is 8.14. The minimum absolute atomic E-state index is 0.00597. The number of nitrogens with one attached hydrogen (secondary N) is 2. The number of methoxy groups -OCH3 is 1. The summed E-state index contributed by atoms with van der Waals surface area (Å²) in [7, 11) is 1.24. The summed E-state index contributed by atoms with van der Waals surface area (Å²) >= 11 is 0.563. The van der Waals surface area contributed by atoms with Crippen molar-refractivity contribution in [2.24, 2.45) is 5.92 Å². The lowest BCUT2D eigenvalue weighted by atomic mass is 9.79. The van der Waals surface area contributed by atoms with Crippen LogP contribution < -0.4 is 5.32 Å². The van der Waals surface area contributed by atoms with Crippen LogP contribution in [0, 0.1) is 5.92 Å². The first kappa shape index (κ1) is 44.8. The average molecular weight is 816 g/mol. The Hall–Kier alpha value is -5.96. The number of carbonyl (C=O) groups excluding carboxylic acids is 6. The van der Waals surface area contributed by atoms with Crippen molar-refractivity contribution in [1.82, 2.24) is 15.2 Å². The molecule has 3 amide bonds. The van der Waals surface area contributed by atoms with Crippen molar-refractivity contribution in [1.29, 1.82) is 0 Å². The van der Waals surface area contributed by atoms with E-state index in [9.17, 15) is 29.1 Å². The van der Waals surface area contributed by atoms with E-state index in [-0.39, 0.29) is 50.2 Å². The second-order valence-electron chi connectivity index (χ2n) is 14.1. The van der Waals surface area contributed by atoms with Crippen molar-refractivity contribution >= 4 is 63.6 Å². The van der Waals surface area contributed by atoms with E-state index in [1.165, 1.54) is 20.2 Å². The number of carbonyl (C=O) groups is 7. The highest BCUT2D eigenvalue weighted by atomic mass is 32.2. The number of fused-ring (bicyclic) bond motifs is 1. The summed E-state index contributed by atoms with van der Waals surface area (Å²) in [6.45, 7) is 4.16. The molecular formula is C43H49N3O11S. The highest BCUT2D eigenvalue weighted by Gasteiger charge is 2.59. The van der Waals surface area contributed by atoms with Gasteiger partial charge in [-0.25, -0.2) is 19.3 Å². The summed E-state index contributed by atoms with van der Waals surface area (Å²) in [5, 5.41) is 12.6. The molecule has 4 aromatic rings. The number of hydrogen-bond acceptors (Lipinski definition) is 11. The molecule has 1 unspecified atom stereocenters. The van der Waals surface area contributed by atoms with Crippen molar-refractivity contribution in [3.8, 4) is 0 Å². The number of alkyl carbamates (subject to hydrolysis) is 1. The lowest BCUT2D eigenvalue weighted by Crippen LogP contribution is -2.70. The number of unbranched alkanes of at least 4 members (excludes halogenated alkanes) is 1. The van der Waals surface area contributed by atoms with Gasteiger partial charge in [0.05, 0.1) is 18.4 Å². The van der Waals surface area contributed by atoms with Crippen LogP contribution in [0.1, 0.15) is 69.6 Å². The second kappa shape index (κ2) is 21.5. The van der Waals surface area contributed by atoms with E-state index in [1.807, 2.05) is 0 Å². The number of amides is 3. The van der Waals surface area contributed by atoms with Gasteiger partial charge in [0, 0.05) is 36.9 Å². The Bertz CT molecular complexity index is 2050. The largest absolute Gasteiger partial charge is 0.479 e. The molecule has 0 aliphatic rings. The van der Waals surface area contributed by atoms with Crippen LogP contribution in [0.25, 0.3) is 10.9 Å². The molecule has 0 aliphatic heterocycles. The molecule has 0 saturated carbocycles. The van der Waals surface area contributed by atoms with Gasteiger partial charge in [0.2, 0.25) is 11.4 Å². The first-order valence-corrected chi connectivity index (χ1v) is 19.7. The molecule has 4 rings (SSSR count). The van der Waals surface area contributed by atoms with Crippen LogP contribution in [0.2, 0.25) is 0 Å². The third-order valence-corrected chi connectivity index (χ3v) is 10.4. The second-order valence-corrected chi connectivity index (χ2v) is 15.5. The van der Waals surface area contributed by atoms with Gasteiger partial charge >= 0.3 is 24.1 Å². The number of Topliss-reactive ketones (excluding diaryl/α,β-unsaturated/α-hetero) is 1. The van der Waals surface area contributed by atoms with Crippen molar-refractivity contribution in [3.63, 3.8) is 0 Å². The van der Waals surface area contributed by atoms with Crippen LogP contribution in [0.3, 0.4) is 0 Å². The van der Waals surface area contributed by atoms with Gasteiger partial charge in [0.1, 0.15) is 13.2 Å². The van der Waals surface area contributed by atoms with E-state index >= 15 is 9.59 Å². The quantitative estimate of drug-likeness (QED) is 0.0358. The van der Waals surface area contributed by atoms with Crippen LogP contribution in [0.5, 0.6) is 0 Å². The van der Waals surface area contributed by atoms with Crippen molar-refractivity contribution in [2.45, 2.75) is 89.3 Å². The summed E-state index contributed by atoms with van der Waals surface area (Å²) in [5.74, 6) is -5.06.